The number of ether oxygens (including phenoxy) is 7. The van der Waals surface area contributed by atoms with E-state index in [9.17, 15) is 0 Å². The molecule has 4 aromatic carbocycles. The van der Waals surface area contributed by atoms with E-state index in [1.165, 1.54) is 31.9 Å². The number of allylic oxidation sites excluding steroid dienone is 4. The van der Waals surface area contributed by atoms with Gasteiger partial charge in [0, 0.05) is 83.1 Å². The summed E-state index contributed by atoms with van der Waals surface area (Å²) in [6.45, 7) is 51.5. The predicted molar refractivity (Wildman–Crippen MR) is 511 cm³/mol. The number of aromatic nitrogens is 2. The van der Waals surface area contributed by atoms with Gasteiger partial charge in [-0.05, 0) is 122 Å². The maximum atomic E-state index is 8.02. The van der Waals surface area contributed by atoms with Gasteiger partial charge in [0.15, 0.2) is 20.0 Å². The average Bonchev–Trinajstić information content (AvgIpc) is 0.968. The molecule has 0 spiro atoms. The molecule has 658 valence electrons. The molecule has 4 aliphatic rings. The zero-order valence-electron chi connectivity index (χ0n) is 77.9. The van der Waals surface area contributed by atoms with E-state index >= 15 is 0 Å². The number of hydrogen-bond acceptors (Lipinski definition) is 14. The topological polar surface area (TPSA) is 144 Å². The molecule has 4 aliphatic heterocycles. The number of oxazole rings is 2. The Morgan fingerprint density at radius 1 is 0.702 bits per heavy atom. The van der Waals surface area contributed by atoms with Crippen molar-refractivity contribution in [3.63, 3.8) is 0 Å². The summed E-state index contributed by atoms with van der Waals surface area (Å²) in [7, 11) is -6.26. The standard InChI is InChI=1S/C102H148N2O12Si5/c1-25-27-59-119(88-44-33-29-34-45-88,89-46-35-30-36-47-89)110-57-56-83-61-77(10)62-84(111-83)65-85-66-86(115-118(23,24)101(14,15)16)67-94(112-85)92-72-109-97(104-92)53-41-52-93-79(12)100(116-120(60-28-26-2,90-48-37-31-38-49-90)91-50-39-32-40-51-91)80(13)99(113-93)78(11)64-81-71-108-98(103-81)70-102(107-19)69-87(106-18)68-95(114-102)96(121(73(3)4,74(5)6)75(7)8)63-76(9)54-55-82(105-17)43-42-58-117(20,21)22/h29-41,44-51,53-55,63-64,71-75,82-87,93-96H,10,25-28,43,52,56-57,59-62,65-70H2,1-9,11-24H3/b53-41+,55-54+,76-63+,78-64+/t82-,83+,84-,85-,86-,87-,93-,94-,95-,96-,102+/m1/s1. The van der Waals surface area contributed by atoms with Crippen molar-refractivity contribution >= 4 is 74.0 Å². The van der Waals surface area contributed by atoms with Crippen LogP contribution >= 0.6 is 0 Å². The molecule has 3 fully saturated rings. The van der Waals surface area contributed by atoms with Crippen molar-refractivity contribution in [3.8, 4) is 11.5 Å². The minimum absolute atomic E-state index is 0.0142. The molecule has 11 atom stereocenters. The first-order valence-electron chi connectivity index (χ1n) is 45.3. The van der Waals surface area contributed by atoms with Gasteiger partial charge in [0.1, 0.15) is 55.7 Å². The SMILES string of the molecule is C=C1C[C@H](C[C@@H]2C[C@@H](O[Si](C)(C)C(C)(C)C)C[C@H](c3coc(/C=C/C[C@H]4OC(/C(C)=C/c5coc(C[C@]6(OC)C[C@H](OC)C[C@H]([C@@H](/C=C(C)/C=C/[C@@H](CC#C[Si](C)(C)C)OC)[Si](C(C)C)(C(C)C)C(C)C)O6)n5)=C(C)C(O[Si](CCCC)(c5ccccc5)c5ccccc5)=C4C)n3)O2)O[C@@H](CCO[Si](CCCC)(c2ccccc2)c2ccccc2)C1. The Kier molecular flexibility index (Phi) is 34.8. The molecular weight excluding hydrogens is 1590 g/mol. The molecule has 0 aliphatic carbocycles. The Balaban J connectivity index is 0.919. The molecule has 10 rings (SSSR count). The minimum Gasteiger partial charge on any atom is -0.534 e. The highest BCUT2D eigenvalue weighted by Crippen LogP contribution is 2.55. The Labute approximate surface area is 734 Å². The molecule has 0 N–H and O–H groups in total. The molecule has 0 saturated carbocycles. The van der Waals surface area contributed by atoms with Crippen LogP contribution in [0.1, 0.15) is 223 Å². The number of hydrogen-bond donors (Lipinski definition) is 0. The molecule has 0 bridgehead atoms. The maximum Gasteiger partial charge on any atom is 0.314 e. The van der Waals surface area contributed by atoms with Crippen molar-refractivity contribution in [2.75, 3.05) is 27.9 Å². The summed E-state index contributed by atoms with van der Waals surface area (Å²) in [6, 6.07) is 45.7. The zero-order valence-corrected chi connectivity index (χ0v) is 82.9. The second kappa shape index (κ2) is 43.5. The van der Waals surface area contributed by atoms with Crippen molar-refractivity contribution in [2.45, 2.75) is 333 Å². The summed E-state index contributed by atoms with van der Waals surface area (Å²) in [5.74, 6) is 4.90. The molecule has 0 unspecified atom stereocenters. The van der Waals surface area contributed by atoms with E-state index < -0.39 is 53.0 Å². The highest BCUT2D eigenvalue weighted by atomic mass is 28.4. The van der Waals surface area contributed by atoms with Gasteiger partial charge in [-0.3, -0.25) is 0 Å². The second-order valence-corrected chi connectivity index (χ2v) is 61.2. The van der Waals surface area contributed by atoms with Gasteiger partial charge in [-0.2, -0.15) is 0 Å². The van der Waals surface area contributed by atoms with E-state index in [-0.39, 0.29) is 65.8 Å². The molecule has 121 heavy (non-hydrogen) atoms. The van der Waals surface area contributed by atoms with E-state index in [1.807, 2.05) is 13.2 Å². The molecule has 19 heteroatoms. The first-order chi connectivity index (χ1) is 57.6. The third-order valence-corrected chi connectivity index (χ3v) is 48.1. The van der Waals surface area contributed by atoms with Crippen LogP contribution in [0.15, 0.2) is 213 Å². The largest absolute Gasteiger partial charge is 0.534 e. The molecule has 0 radical (unpaired) electrons. The lowest BCUT2D eigenvalue weighted by Gasteiger charge is -2.54. The number of methoxy groups -OCH3 is 3. The van der Waals surface area contributed by atoms with Crippen LogP contribution in [0.5, 0.6) is 0 Å². The Morgan fingerprint density at radius 3 is 1.84 bits per heavy atom. The zero-order chi connectivity index (χ0) is 87.5. The normalized spacial score (nSPS) is 22.8. The lowest BCUT2D eigenvalue weighted by atomic mass is 9.91. The second-order valence-electron chi connectivity index (χ2n) is 38.4. The molecule has 6 heterocycles. The Morgan fingerprint density at radius 2 is 1.29 bits per heavy atom. The highest BCUT2D eigenvalue weighted by Gasteiger charge is 2.56. The first-order valence-corrected chi connectivity index (χ1v) is 58.3. The van der Waals surface area contributed by atoms with Gasteiger partial charge in [0.2, 0.25) is 5.89 Å². The van der Waals surface area contributed by atoms with E-state index in [2.05, 4.69) is 306 Å². The van der Waals surface area contributed by atoms with Crippen LogP contribution in [0.25, 0.3) is 12.2 Å². The van der Waals surface area contributed by atoms with Crippen LogP contribution in [0, 0.1) is 11.5 Å². The molecule has 3 saturated heterocycles. The van der Waals surface area contributed by atoms with Crippen molar-refractivity contribution in [3.05, 3.63) is 227 Å². The summed E-state index contributed by atoms with van der Waals surface area (Å²) in [4.78, 5) is 10.5. The van der Waals surface area contributed by atoms with Crippen LogP contribution in [0.2, 0.25) is 72.0 Å². The maximum absolute atomic E-state index is 8.02. The van der Waals surface area contributed by atoms with Crippen molar-refractivity contribution in [2.24, 2.45) is 0 Å². The van der Waals surface area contributed by atoms with Gasteiger partial charge in [0.25, 0.3) is 8.32 Å². The van der Waals surface area contributed by atoms with Crippen LogP contribution in [-0.4, -0.2) is 134 Å². The highest BCUT2D eigenvalue weighted by molar-refractivity contribution is 6.98. The van der Waals surface area contributed by atoms with Crippen LogP contribution in [-0.2, 0) is 52.9 Å². The quantitative estimate of drug-likeness (QED) is 0.0156. The van der Waals surface area contributed by atoms with Gasteiger partial charge in [-0.15, -0.1) is 11.5 Å². The molecular formula is C102H148N2O12Si5. The molecule has 6 aromatic rings. The Bertz CT molecular complexity index is 4420. The number of nitrogens with zero attached hydrogens (tertiary/aromatic N) is 2. The fourth-order valence-electron chi connectivity index (χ4n) is 19.4. The van der Waals surface area contributed by atoms with Crippen molar-refractivity contribution < 1.29 is 55.3 Å². The lowest BCUT2D eigenvalue weighted by Crippen LogP contribution is -2.61. The number of benzene rings is 4. The summed E-state index contributed by atoms with van der Waals surface area (Å²) in [5.41, 5.74) is 11.6. The van der Waals surface area contributed by atoms with E-state index in [0.717, 1.165) is 104 Å². The predicted octanol–water partition coefficient (Wildman–Crippen LogP) is 23.7. The summed E-state index contributed by atoms with van der Waals surface area (Å²) in [5, 5.41) is 5.09. The van der Waals surface area contributed by atoms with Crippen LogP contribution in [0.4, 0.5) is 0 Å². The first kappa shape index (κ1) is 96.6. The van der Waals surface area contributed by atoms with Gasteiger partial charge < -0.3 is 55.3 Å². The third kappa shape index (κ3) is 24.6. The van der Waals surface area contributed by atoms with E-state index in [1.54, 1.807) is 26.7 Å². The Hall–Kier alpha value is -6.60. The fourth-order valence-corrected chi connectivity index (χ4v) is 37.5. The summed E-state index contributed by atoms with van der Waals surface area (Å²) < 4.78 is 84.0. The van der Waals surface area contributed by atoms with Crippen LogP contribution in [0.3, 0.4) is 0 Å². The van der Waals surface area contributed by atoms with Crippen molar-refractivity contribution in [1.29, 1.82) is 0 Å². The smallest absolute Gasteiger partial charge is 0.314 e. The minimum atomic E-state index is -3.01. The van der Waals surface area contributed by atoms with Gasteiger partial charge in [-0.1, -0.05) is 301 Å². The molecule has 14 nitrogen and oxygen atoms in total. The van der Waals surface area contributed by atoms with Crippen molar-refractivity contribution in [1.82, 2.24) is 9.97 Å². The van der Waals surface area contributed by atoms with E-state index in [0.29, 0.717) is 72.8 Å². The van der Waals surface area contributed by atoms with Crippen LogP contribution < -0.4 is 20.7 Å². The monoisotopic (exact) mass is 1730 g/mol. The molecule has 0 amide bonds. The average molecular weight is 1730 g/mol. The van der Waals surface area contributed by atoms with Gasteiger partial charge >= 0.3 is 8.32 Å². The lowest BCUT2D eigenvalue weighted by molar-refractivity contribution is -0.287. The van der Waals surface area contributed by atoms with E-state index in [4.69, 9.17) is 65.2 Å². The number of rotatable bonds is 40. The number of unbranched alkanes of at least 4 members (excludes halogenated alkanes) is 2. The van der Waals surface area contributed by atoms with Gasteiger partial charge in [0.05, 0.1) is 57.2 Å². The summed E-state index contributed by atoms with van der Waals surface area (Å²) >= 11 is 0. The molecule has 2 aromatic heterocycles. The fraction of sp³-hybridized carbons (Fsp3) is 0.549. The van der Waals surface area contributed by atoms with Gasteiger partial charge in [-0.25, -0.2) is 9.97 Å². The third-order valence-electron chi connectivity index (χ3n) is 26.5. The summed E-state index contributed by atoms with van der Waals surface area (Å²) in [6.07, 6.45) is 26.5.